The van der Waals surface area contributed by atoms with Crippen LogP contribution < -0.4 is 10.2 Å². The molecule has 0 unspecified atom stereocenters. The van der Waals surface area contributed by atoms with Crippen LogP contribution in [0.2, 0.25) is 0 Å². The van der Waals surface area contributed by atoms with Crippen molar-refractivity contribution in [2.45, 2.75) is 13.0 Å². The van der Waals surface area contributed by atoms with Gasteiger partial charge in [-0.3, -0.25) is 0 Å². The first-order valence-corrected chi connectivity index (χ1v) is 6.03. The van der Waals surface area contributed by atoms with Gasteiger partial charge in [0.15, 0.2) is 0 Å². The van der Waals surface area contributed by atoms with Crippen LogP contribution in [-0.2, 0) is 4.18 Å². The Labute approximate surface area is 102 Å². The number of rotatable bonds is 3. The van der Waals surface area contributed by atoms with Crippen molar-refractivity contribution in [2.24, 2.45) is 0 Å². The summed E-state index contributed by atoms with van der Waals surface area (Å²) in [5.74, 6) is 0. The van der Waals surface area contributed by atoms with Gasteiger partial charge in [0, 0.05) is 31.9 Å². The molecule has 0 bridgehead atoms. The van der Waals surface area contributed by atoms with E-state index in [1.165, 1.54) is 11.3 Å². The zero-order valence-electron chi connectivity index (χ0n) is 9.52. The maximum atomic E-state index is 5.04. The van der Waals surface area contributed by atoms with E-state index < -0.39 is 0 Å². The molecule has 1 aliphatic rings. The van der Waals surface area contributed by atoms with Crippen molar-refractivity contribution in [1.29, 1.82) is 0 Å². The normalized spacial score (nSPS) is 18.5. The van der Waals surface area contributed by atoms with Crippen LogP contribution in [0.4, 0.5) is 5.69 Å². The molecule has 0 radical (unpaired) electrons. The number of nitrogens with one attached hydrogen (secondary N) is 1. The molecule has 1 atom stereocenters. The molecule has 1 fully saturated rings. The van der Waals surface area contributed by atoms with E-state index in [2.05, 4.69) is 47.4 Å². The second kappa shape index (κ2) is 5.57. The van der Waals surface area contributed by atoms with Gasteiger partial charge in [-0.1, -0.05) is 12.1 Å². The Balaban J connectivity index is 2.14. The monoisotopic (exact) mass is 238 g/mol. The average Bonchev–Trinajstić information content (AvgIpc) is 2.39. The summed E-state index contributed by atoms with van der Waals surface area (Å²) in [4.78, 5) is 2.39. The summed E-state index contributed by atoms with van der Waals surface area (Å²) in [6, 6.07) is 8.49. The molecule has 3 nitrogen and oxygen atoms in total. The van der Waals surface area contributed by atoms with E-state index >= 15 is 0 Å². The Hall–Kier alpha value is -0.710. The predicted molar refractivity (Wildman–Crippen MR) is 70.0 cm³/mol. The molecule has 1 aliphatic heterocycles. The highest BCUT2D eigenvalue weighted by atomic mass is 32.1. The van der Waals surface area contributed by atoms with Crippen LogP contribution >= 0.6 is 12.9 Å². The fourth-order valence-electron chi connectivity index (χ4n) is 1.96. The molecule has 4 heteroatoms. The molecule has 0 aliphatic carbocycles. The first-order valence-electron chi connectivity index (χ1n) is 5.67. The van der Waals surface area contributed by atoms with E-state index in [1.54, 1.807) is 0 Å². The van der Waals surface area contributed by atoms with Gasteiger partial charge in [0.2, 0.25) is 0 Å². The Morgan fingerprint density at radius 2 is 2.12 bits per heavy atom. The third kappa shape index (κ3) is 2.70. The Kier molecular flexibility index (Phi) is 4.09. The molecule has 2 rings (SSSR count). The van der Waals surface area contributed by atoms with Crippen molar-refractivity contribution >= 4 is 18.6 Å². The number of hydrogen-bond donors (Lipinski definition) is 2. The van der Waals surface area contributed by atoms with Crippen molar-refractivity contribution in [3.8, 4) is 0 Å². The molecule has 0 amide bonds. The largest absolute Gasteiger partial charge is 0.369 e. The van der Waals surface area contributed by atoms with Gasteiger partial charge in [0.25, 0.3) is 0 Å². The van der Waals surface area contributed by atoms with Gasteiger partial charge in [0.1, 0.15) is 0 Å². The quantitative estimate of drug-likeness (QED) is 0.622. The molecule has 1 N–H and O–H groups in total. The van der Waals surface area contributed by atoms with Gasteiger partial charge in [-0.15, -0.1) is 0 Å². The molecule has 1 aromatic rings. The topological polar surface area (TPSA) is 24.5 Å². The fraction of sp³-hybridized carbons (Fsp3) is 0.500. The predicted octanol–water partition coefficient (Wildman–Crippen LogP) is 2.02. The minimum atomic E-state index is 0.0335. The molecule has 1 saturated heterocycles. The standard InChI is InChI=1S/C12H18N2OS/c1-10(15-16)11-3-2-4-12(9-11)14-7-5-13-6-8-14/h2-4,9-10,13,16H,5-8H2,1H3/t10-/m1/s1. The summed E-state index contributed by atoms with van der Waals surface area (Å²) < 4.78 is 5.04. The van der Waals surface area contributed by atoms with E-state index in [-0.39, 0.29) is 6.10 Å². The van der Waals surface area contributed by atoms with Crippen molar-refractivity contribution < 1.29 is 4.18 Å². The molecule has 0 saturated carbocycles. The fourth-order valence-corrected chi connectivity index (χ4v) is 2.08. The van der Waals surface area contributed by atoms with E-state index in [0.717, 1.165) is 26.2 Å². The summed E-state index contributed by atoms with van der Waals surface area (Å²) >= 11 is 3.86. The summed E-state index contributed by atoms with van der Waals surface area (Å²) in [7, 11) is 0. The molecule has 88 valence electrons. The number of thiol groups is 1. The lowest BCUT2D eigenvalue weighted by Gasteiger charge is -2.30. The second-order valence-corrected chi connectivity index (χ2v) is 4.29. The lowest BCUT2D eigenvalue weighted by atomic mass is 10.1. The number of hydrogen-bond acceptors (Lipinski definition) is 4. The molecule has 0 spiro atoms. The number of anilines is 1. The van der Waals surface area contributed by atoms with Gasteiger partial charge in [-0.05, 0) is 37.5 Å². The number of benzene rings is 1. The van der Waals surface area contributed by atoms with E-state index in [9.17, 15) is 0 Å². The van der Waals surface area contributed by atoms with Crippen LogP contribution in [-0.4, -0.2) is 26.2 Å². The van der Waals surface area contributed by atoms with Crippen LogP contribution in [0.25, 0.3) is 0 Å². The Bertz CT molecular complexity index is 340. The zero-order chi connectivity index (χ0) is 11.4. The average molecular weight is 238 g/mol. The van der Waals surface area contributed by atoms with E-state index in [4.69, 9.17) is 4.18 Å². The van der Waals surface area contributed by atoms with Crippen LogP contribution in [0, 0.1) is 0 Å². The Morgan fingerprint density at radius 3 is 2.81 bits per heavy atom. The number of nitrogens with zero attached hydrogens (tertiary/aromatic N) is 1. The SMILES string of the molecule is C[C@@H](OS)c1cccc(N2CCNCC2)c1. The highest BCUT2D eigenvalue weighted by Gasteiger charge is 2.12. The highest BCUT2D eigenvalue weighted by Crippen LogP contribution is 2.23. The van der Waals surface area contributed by atoms with Crippen molar-refractivity contribution in [3.05, 3.63) is 29.8 Å². The first kappa shape index (κ1) is 11.8. The van der Waals surface area contributed by atoms with Crippen molar-refractivity contribution in [2.75, 3.05) is 31.1 Å². The maximum absolute atomic E-state index is 5.04. The summed E-state index contributed by atoms with van der Waals surface area (Å²) in [6.07, 6.45) is 0.0335. The van der Waals surface area contributed by atoms with Crippen molar-refractivity contribution in [3.63, 3.8) is 0 Å². The molecular weight excluding hydrogens is 220 g/mol. The third-order valence-electron chi connectivity index (χ3n) is 2.98. The lowest BCUT2D eigenvalue weighted by Crippen LogP contribution is -2.43. The highest BCUT2D eigenvalue weighted by molar-refractivity contribution is 7.75. The Morgan fingerprint density at radius 1 is 1.38 bits per heavy atom. The minimum Gasteiger partial charge on any atom is -0.369 e. The smallest absolute Gasteiger partial charge is 0.0941 e. The maximum Gasteiger partial charge on any atom is 0.0941 e. The summed E-state index contributed by atoms with van der Waals surface area (Å²) in [5, 5.41) is 3.35. The minimum absolute atomic E-state index is 0.0335. The van der Waals surface area contributed by atoms with Gasteiger partial charge in [0.05, 0.1) is 6.10 Å². The van der Waals surface area contributed by atoms with Gasteiger partial charge in [-0.25, -0.2) is 0 Å². The van der Waals surface area contributed by atoms with Crippen LogP contribution in [0.5, 0.6) is 0 Å². The van der Waals surface area contributed by atoms with Gasteiger partial charge < -0.3 is 14.4 Å². The molecular formula is C12H18N2OS. The first-order chi connectivity index (χ1) is 7.81. The molecule has 1 heterocycles. The van der Waals surface area contributed by atoms with Gasteiger partial charge in [-0.2, -0.15) is 0 Å². The van der Waals surface area contributed by atoms with Crippen LogP contribution in [0.1, 0.15) is 18.6 Å². The summed E-state index contributed by atoms with van der Waals surface area (Å²) in [6.45, 7) is 6.26. The summed E-state index contributed by atoms with van der Waals surface area (Å²) in [5.41, 5.74) is 2.45. The third-order valence-corrected chi connectivity index (χ3v) is 3.30. The molecule has 1 aromatic carbocycles. The lowest BCUT2D eigenvalue weighted by molar-refractivity contribution is 0.279. The van der Waals surface area contributed by atoms with E-state index in [0.29, 0.717) is 0 Å². The number of piperazine rings is 1. The zero-order valence-corrected chi connectivity index (χ0v) is 10.4. The van der Waals surface area contributed by atoms with Crippen LogP contribution in [0.3, 0.4) is 0 Å². The van der Waals surface area contributed by atoms with E-state index in [1.807, 2.05) is 6.92 Å². The second-order valence-electron chi connectivity index (χ2n) is 4.08. The van der Waals surface area contributed by atoms with Crippen molar-refractivity contribution in [1.82, 2.24) is 5.32 Å². The molecule has 16 heavy (non-hydrogen) atoms. The van der Waals surface area contributed by atoms with Crippen LogP contribution in [0.15, 0.2) is 24.3 Å². The molecule has 0 aromatic heterocycles. The van der Waals surface area contributed by atoms with Gasteiger partial charge >= 0.3 is 0 Å².